The molecule has 1 aliphatic carbocycles. The quantitative estimate of drug-likeness (QED) is 0.778. The molecule has 0 spiro atoms. The van der Waals surface area contributed by atoms with Crippen molar-refractivity contribution in [3.05, 3.63) is 21.7 Å². The molecule has 4 nitrogen and oxygen atoms in total. The van der Waals surface area contributed by atoms with Crippen LogP contribution in [0.4, 0.5) is 18.9 Å². The van der Waals surface area contributed by atoms with Gasteiger partial charge >= 0.3 is 12.1 Å². The third kappa shape index (κ3) is 2.31. The number of carbonyl (C=O) groups is 1. The van der Waals surface area contributed by atoms with Crippen LogP contribution in [-0.2, 0) is 19.0 Å². The number of nitrogens with two attached hydrogens (primary N) is 1. The molecule has 0 saturated heterocycles. The number of aromatic carboxylic acids is 1. The number of alkyl halides is 3. The van der Waals surface area contributed by atoms with E-state index in [0.717, 1.165) is 12.8 Å². The first kappa shape index (κ1) is 15.1. The van der Waals surface area contributed by atoms with E-state index in [4.69, 9.17) is 10.8 Å². The van der Waals surface area contributed by atoms with Crippen molar-refractivity contribution in [2.75, 3.05) is 5.73 Å². The zero-order chi connectivity index (χ0) is 16.1. The van der Waals surface area contributed by atoms with Crippen molar-refractivity contribution in [2.24, 2.45) is 0 Å². The van der Waals surface area contributed by atoms with Gasteiger partial charge in [0.05, 0.1) is 11.3 Å². The second-order valence-corrected chi connectivity index (χ2v) is 6.30. The molecule has 8 heteroatoms. The first-order valence-corrected chi connectivity index (χ1v) is 7.66. The Morgan fingerprint density at radius 2 is 1.91 bits per heavy atom. The highest BCUT2D eigenvalue weighted by molar-refractivity contribution is 7.21. The van der Waals surface area contributed by atoms with Crippen molar-refractivity contribution in [3.63, 3.8) is 0 Å². The number of anilines is 1. The molecule has 0 atom stereocenters. The lowest BCUT2D eigenvalue weighted by Gasteiger charge is -2.16. The van der Waals surface area contributed by atoms with Gasteiger partial charge in [-0.2, -0.15) is 13.2 Å². The first-order chi connectivity index (χ1) is 10.3. The SMILES string of the molecule is Nc1c(C(=O)O)sc2nc3c(c(C(F)(F)F)c12)CCCCC3. The minimum Gasteiger partial charge on any atom is -0.477 e. The summed E-state index contributed by atoms with van der Waals surface area (Å²) in [7, 11) is 0. The number of carboxylic acids is 1. The molecule has 0 aromatic carbocycles. The number of hydrogen-bond acceptors (Lipinski definition) is 4. The highest BCUT2D eigenvalue weighted by Crippen LogP contribution is 2.45. The van der Waals surface area contributed by atoms with Crippen LogP contribution in [0.5, 0.6) is 0 Å². The van der Waals surface area contributed by atoms with Crippen molar-refractivity contribution in [1.29, 1.82) is 0 Å². The van der Waals surface area contributed by atoms with Gasteiger partial charge in [0.25, 0.3) is 0 Å². The van der Waals surface area contributed by atoms with Gasteiger partial charge in [-0.15, -0.1) is 11.3 Å². The number of hydrogen-bond donors (Lipinski definition) is 2. The molecule has 22 heavy (non-hydrogen) atoms. The summed E-state index contributed by atoms with van der Waals surface area (Å²) in [6.07, 6.45) is -1.49. The monoisotopic (exact) mass is 330 g/mol. The van der Waals surface area contributed by atoms with Crippen LogP contribution in [0, 0.1) is 0 Å². The number of rotatable bonds is 1. The average molecular weight is 330 g/mol. The summed E-state index contributed by atoms with van der Waals surface area (Å²) in [4.78, 5) is 15.2. The third-order valence-corrected chi connectivity index (χ3v) is 4.97. The van der Waals surface area contributed by atoms with E-state index in [9.17, 15) is 18.0 Å². The van der Waals surface area contributed by atoms with Crippen LogP contribution in [0.1, 0.15) is 45.8 Å². The summed E-state index contributed by atoms with van der Waals surface area (Å²) in [5.41, 5.74) is 5.18. The Hall–Kier alpha value is -1.83. The molecule has 3 N–H and O–H groups in total. The molecule has 1 aliphatic rings. The zero-order valence-corrected chi connectivity index (χ0v) is 12.3. The van der Waals surface area contributed by atoms with E-state index in [1.807, 2.05) is 0 Å². The van der Waals surface area contributed by atoms with Gasteiger partial charge in [-0.3, -0.25) is 0 Å². The van der Waals surface area contributed by atoms with E-state index >= 15 is 0 Å². The van der Waals surface area contributed by atoms with Gasteiger partial charge in [0.2, 0.25) is 0 Å². The minimum absolute atomic E-state index is 0.0582. The second kappa shape index (κ2) is 5.12. The Bertz CT molecular complexity index is 768. The number of fused-ring (bicyclic) bond motifs is 2. The lowest BCUT2D eigenvalue weighted by molar-refractivity contribution is -0.136. The topological polar surface area (TPSA) is 76.2 Å². The number of pyridine rings is 1. The summed E-state index contributed by atoms with van der Waals surface area (Å²) >= 11 is 0.706. The average Bonchev–Trinajstić information content (AvgIpc) is 2.59. The molecule has 118 valence electrons. The highest BCUT2D eigenvalue weighted by atomic mass is 32.1. The van der Waals surface area contributed by atoms with Crippen molar-refractivity contribution >= 4 is 33.2 Å². The third-order valence-electron chi connectivity index (χ3n) is 3.88. The van der Waals surface area contributed by atoms with Crippen LogP contribution < -0.4 is 5.73 Å². The van der Waals surface area contributed by atoms with Gasteiger partial charge < -0.3 is 10.8 Å². The van der Waals surface area contributed by atoms with E-state index < -0.39 is 17.7 Å². The Balaban J connectivity index is 2.42. The summed E-state index contributed by atoms with van der Waals surface area (Å²) in [6.45, 7) is 0. The molecule has 0 bridgehead atoms. The maximum absolute atomic E-state index is 13.6. The number of nitrogen functional groups attached to an aromatic ring is 1. The summed E-state index contributed by atoms with van der Waals surface area (Å²) < 4.78 is 40.8. The van der Waals surface area contributed by atoms with E-state index in [1.165, 1.54) is 0 Å². The number of thiophene rings is 1. The smallest absolute Gasteiger partial charge is 0.417 e. The molecule has 0 fully saturated rings. The fraction of sp³-hybridized carbons (Fsp3) is 0.429. The van der Waals surface area contributed by atoms with Crippen molar-refractivity contribution in [1.82, 2.24) is 4.98 Å². The van der Waals surface area contributed by atoms with Gasteiger partial charge in [0.1, 0.15) is 9.71 Å². The van der Waals surface area contributed by atoms with Gasteiger partial charge in [-0.05, 0) is 31.2 Å². The van der Waals surface area contributed by atoms with Crippen LogP contribution in [0.2, 0.25) is 0 Å². The molecule has 0 unspecified atom stereocenters. The Morgan fingerprint density at radius 3 is 2.55 bits per heavy atom. The molecule has 0 saturated carbocycles. The second-order valence-electron chi connectivity index (χ2n) is 5.30. The maximum Gasteiger partial charge on any atom is 0.417 e. The zero-order valence-electron chi connectivity index (χ0n) is 11.5. The Morgan fingerprint density at radius 1 is 1.23 bits per heavy atom. The van der Waals surface area contributed by atoms with Gasteiger partial charge in [-0.1, -0.05) is 6.42 Å². The fourth-order valence-corrected chi connectivity index (χ4v) is 3.92. The van der Waals surface area contributed by atoms with Gasteiger partial charge in [-0.25, -0.2) is 9.78 Å². The molecule has 2 aromatic heterocycles. The minimum atomic E-state index is -4.58. The fourth-order valence-electron chi connectivity index (χ4n) is 2.96. The number of nitrogens with zero attached hydrogens (tertiary/aromatic N) is 1. The van der Waals surface area contributed by atoms with E-state index in [-0.39, 0.29) is 26.3 Å². The molecule has 2 aromatic rings. The molecule has 2 heterocycles. The van der Waals surface area contributed by atoms with Crippen molar-refractivity contribution in [2.45, 2.75) is 38.3 Å². The van der Waals surface area contributed by atoms with Crippen LogP contribution in [0.3, 0.4) is 0 Å². The number of carboxylic acid groups (broad SMARTS) is 1. The van der Waals surface area contributed by atoms with E-state index in [2.05, 4.69) is 4.98 Å². The summed E-state index contributed by atoms with van der Waals surface area (Å²) in [5, 5.41) is 8.84. The van der Waals surface area contributed by atoms with E-state index in [0.29, 0.717) is 36.3 Å². The number of halogens is 3. The van der Waals surface area contributed by atoms with Crippen molar-refractivity contribution < 1.29 is 23.1 Å². The molecular formula is C14H13F3N2O2S. The molecule has 0 amide bonds. The van der Waals surface area contributed by atoms with Crippen LogP contribution in [0.15, 0.2) is 0 Å². The van der Waals surface area contributed by atoms with Crippen LogP contribution in [0.25, 0.3) is 10.2 Å². The molecule has 3 rings (SSSR count). The molecular weight excluding hydrogens is 317 g/mol. The Labute approximate surface area is 127 Å². The summed E-state index contributed by atoms with van der Waals surface area (Å²) in [5.74, 6) is -1.33. The van der Waals surface area contributed by atoms with E-state index in [1.54, 1.807) is 0 Å². The predicted octanol–water partition coefficient (Wildman–Crippen LogP) is 3.86. The first-order valence-electron chi connectivity index (χ1n) is 6.85. The van der Waals surface area contributed by atoms with Crippen LogP contribution in [-0.4, -0.2) is 16.1 Å². The molecule has 0 radical (unpaired) electrons. The highest BCUT2D eigenvalue weighted by Gasteiger charge is 2.39. The van der Waals surface area contributed by atoms with Gasteiger partial charge in [0, 0.05) is 11.1 Å². The largest absolute Gasteiger partial charge is 0.477 e. The lowest BCUT2D eigenvalue weighted by Crippen LogP contribution is -2.13. The van der Waals surface area contributed by atoms with Gasteiger partial charge in [0.15, 0.2) is 0 Å². The predicted molar refractivity (Wildman–Crippen MR) is 77.3 cm³/mol. The standard InChI is InChI=1S/C14H13F3N2O2S/c15-14(16,17)9-6-4-2-1-3-5-7(6)19-12-8(9)10(18)11(22-12)13(20)21/h1-5,18H2,(H,20,21). The number of aromatic nitrogens is 1. The van der Waals surface area contributed by atoms with Crippen LogP contribution >= 0.6 is 11.3 Å². The Kier molecular flexibility index (Phi) is 3.51. The normalized spacial score (nSPS) is 15.6. The summed E-state index contributed by atoms with van der Waals surface area (Å²) in [6, 6.07) is 0. The molecule has 0 aliphatic heterocycles. The van der Waals surface area contributed by atoms with Crippen molar-refractivity contribution in [3.8, 4) is 0 Å². The lowest BCUT2D eigenvalue weighted by atomic mass is 9.98. The number of aryl methyl sites for hydroxylation is 1. The maximum atomic E-state index is 13.6.